The predicted molar refractivity (Wildman–Crippen MR) is 146 cm³/mol. The summed E-state index contributed by atoms with van der Waals surface area (Å²) in [4.78, 5) is 7.51. The van der Waals surface area contributed by atoms with Gasteiger partial charge in [0.1, 0.15) is 5.75 Å². The van der Waals surface area contributed by atoms with Crippen molar-refractivity contribution in [1.82, 2.24) is 4.90 Å². The highest BCUT2D eigenvalue weighted by atomic mass is 35.5. The number of fused-ring (bicyclic) bond motifs is 2. The third-order valence-electron chi connectivity index (χ3n) is 7.05. The van der Waals surface area contributed by atoms with Gasteiger partial charge in [-0.2, -0.15) is 0 Å². The summed E-state index contributed by atoms with van der Waals surface area (Å²) in [6.45, 7) is 3.96. The van der Waals surface area contributed by atoms with Crippen LogP contribution in [0.3, 0.4) is 0 Å². The minimum Gasteiger partial charge on any atom is -0.497 e. The standard InChI is InChI=1S/C28H30Cl2N2O2S/c1-34-21-8-10-27-25(18-21)32(24-5-2-3-6-26(24)35-27)14-4-13-31-15-11-19(12-16-31)28(33)22-9-7-20(29)17-23(22)30/h2-3,5-10,17-19,28,33H,4,11-16H2,1H3. The zero-order valence-corrected chi connectivity index (χ0v) is 22.1. The molecule has 0 bridgehead atoms. The molecule has 0 aliphatic carbocycles. The van der Waals surface area contributed by atoms with E-state index in [9.17, 15) is 5.11 Å². The minimum atomic E-state index is -0.546. The van der Waals surface area contributed by atoms with Crippen LogP contribution < -0.4 is 9.64 Å². The number of aliphatic hydroxyl groups is 1. The maximum Gasteiger partial charge on any atom is 0.121 e. The topological polar surface area (TPSA) is 35.9 Å². The Labute approximate surface area is 221 Å². The van der Waals surface area contributed by atoms with Gasteiger partial charge in [-0.05, 0) is 86.8 Å². The van der Waals surface area contributed by atoms with Crippen molar-refractivity contribution in [2.24, 2.45) is 5.92 Å². The van der Waals surface area contributed by atoms with Gasteiger partial charge in [-0.25, -0.2) is 0 Å². The van der Waals surface area contributed by atoms with Gasteiger partial charge < -0.3 is 19.6 Å². The first-order valence-corrected chi connectivity index (χ1v) is 13.7. The fourth-order valence-corrected chi connectivity index (χ4v) is 6.71. The molecule has 0 aromatic heterocycles. The number of ether oxygens (including phenoxy) is 1. The highest BCUT2D eigenvalue weighted by molar-refractivity contribution is 7.99. The molecule has 3 aromatic carbocycles. The van der Waals surface area contributed by atoms with Crippen molar-refractivity contribution in [2.45, 2.75) is 35.2 Å². The summed E-state index contributed by atoms with van der Waals surface area (Å²) in [5, 5.41) is 12.1. The van der Waals surface area contributed by atoms with Crippen molar-refractivity contribution in [1.29, 1.82) is 0 Å². The number of rotatable bonds is 7. The summed E-state index contributed by atoms with van der Waals surface area (Å²) in [5.41, 5.74) is 3.26. The summed E-state index contributed by atoms with van der Waals surface area (Å²) in [6, 6.07) is 20.3. The number of nitrogens with zero attached hydrogens (tertiary/aromatic N) is 2. The molecule has 4 nitrogen and oxygen atoms in total. The van der Waals surface area contributed by atoms with Gasteiger partial charge in [-0.1, -0.05) is 53.2 Å². The lowest BCUT2D eigenvalue weighted by molar-refractivity contribution is 0.0588. The van der Waals surface area contributed by atoms with E-state index in [1.807, 2.05) is 23.9 Å². The smallest absolute Gasteiger partial charge is 0.121 e. The number of likely N-dealkylation sites (tertiary alicyclic amines) is 1. The number of hydrogen-bond donors (Lipinski definition) is 1. The molecule has 184 valence electrons. The molecule has 3 aromatic rings. The zero-order chi connectivity index (χ0) is 24.4. The van der Waals surface area contributed by atoms with Crippen LogP contribution in [0.4, 0.5) is 11.4 Å². The fraction of sp³-hybridized carbons (Fsp3) is 0.357. The molecule has 0 spiro atoms. The van der Waals surface area contributed by atoms with Crippen LogP contribution in [-0.2, 0) is 0 Å². The molecule has 7 heteroatoms. The second-order valence-electron chi connectivity index (χ2n) is 9.20. The van der Waals surface area contributed by atoms with Gasteiger partial charge in [-0.15, -0.1) is 0 Å². The maximum atomic E-state index is 10.9. The average molecular weight is 530 g/mol. The molecule has 1 fully saturated rings. The van der Waals surface area contributed by atoms with Crippen molar-refractivity contribution in [3.8, 4) is 5.75 Å². The van der Waals surface area contributed by atoms with E-state index >= 15 is 0 Å². The van der Waals surface area contributed by atoms with E-state index in [4.69, 9.17) is 27.9 Å². The summed E-state index contributed by atoms with van der Waals surface area (Å²) in [6.07, 6.45) is 2.44. The summed E-state index contributed by atoms with van der Waals surface area (Å²) < 4.78 is 5.51. The van der Waals surface area contributed by atoms with Gasteiger partial charge in [0, 0.05) is 32.4 Å². The molecular weight excluding hydrogens is 499 g/mol. The number of para-hydroxylation sites is 1. The molecule has 0 radical (unpaired) electrons. The molecule has 1 atom stereocenters. The van der Waals surface area contributed by atoms with Crippen molar-refractivity contribution in [2.75, 3.05) is 38.2 Å². The van der Waals surface area contributed by atoms with Crippen molar-refractivity contribution in [3.05, 3.63) is 76.3 Å². The molecule has 1 saturated heterocycles. The molecule has 5 rings (SSSR count). The van der Waals surface area contributed by atoms with Gasteiger partial charge in [0.05, 0.1) is 24.6 Å². The van der Waals surface area contributed by atoms with Crippen LogP contribution in [0.15, 0.2) is 70.5 Å². The quantitative estimate of drug-likeness (QED) is 0.344. The van der Waals surface area contributed by atoms with E-state index in [0.717, 1.165) is 56.8 Å². The van der Waals surface area contributed by atoms with E-state index in [-0.39, 0.29) is 5.92 Å². The van der Waals surface area contributed by atoms with Crippen LogP contribution in [0.2, 0.25) is 10.0 Å². The van der Waals surface area contributed by atoms with Crippen LogP contribution in [0.5, 0.6) is 5.75 Å². The lowest BCUT2D eigenvalue weighted by atomic mass is 9.87. The normalized spacial score (nSPS) is 17.1. The Balaban J connectivity index is 1.19. The first-order valence-electron chi connectivity index (χ1n) is 12.1. The lowest BCUT2D eigenvalue weighted by Crippen LogP contribution is -2.37. The molecular formula is C28H30Cl2N2O2S. The first-order chi connectivity index (χ1) is 17.0. The highest BCUT2D eigenvalue weighted by Gasteiger charge is 2.28. The van der Waals surface area contributed by atoms with Gasteiger partial charge in [-0.3, -0.25) is 0 Å². The number of hydrogen-bond acceptors (Lipinski definition) is 5. The van der Waals surface area contributed by atoms with Crippen LogP contribution in [0.1, 0.15) is 30.9 Å². The number of methoxy groups -OCH3 is 1. The fourth-order valence-electron chi connectivity index (χ4n) is 5.12. The van der Waals surface area contributed by atoms with Crippen molar-refractivity contribution < 1.29 is 9.84 Å². The van der Waals surface area contributed by atoms with Crippen molar-refractivity contribution >= 4 is 46.3 Å². The van der Waals surface area contributed by atoms with Gasteiger partial charge >= 0.3 is 0 Å². The summed E-state index contributed by atoms with van der Waals surface area (Å²) >= 11 is 14.2. The van der Waals surface area contributed by atoms with E-state index < -0.39 is 6.10 Å². The average Bonchev–Trinajstić information content (AvgIpc) is 2.88. The summed E-state index contributed by atoms with van der Waals surface area (Å²) in [7, 11) is 1.72. The van der Waals surface area contributed by atoms with E-state index in [1.165, 1.54) is 21.2 Å². The Morgan fingerprint density at radius 1 is 0.971 bits per heavy atom. The number of aliphatic hydroxyl groups excluding tert-OH is 1. The third-order valence-corrected chi connectivity index (χ3v) is 8.74. The number of anilines is 2. The maximum absolute atomic E-state index is 10.9. The molecule has 2 aliphatic heterocycles. The molecule has 2 aliphatic rings. The van der Waals surface area contributed by atoms with Gasteiger partial charge in [0.25, 0.3) is 0 Å². The molecule has 1 unspecified atom stereocenters. The Bertz CT molecular complexity index is 1180. The Morgan fingerprint density at radius 2 is 1.74 bits per heavy atom. The zero-order valence-electron chi connectivity index (χ0n) is 19.8. The predicted octanol–water partition coefficient (Wildman–Crippen LogP) is 7.44. The van der Waals surface area contributed by atoms with Crippen LogP contribution in [-0.4, -0.2) is 43.3 Å². The Kier molecular flexibility index (Phi) is 7.80. The van der Waals surface area contributed by atoms with Crippen LogP contribution >= 0.6 is 35.0 Å². The molecule has 0 saturated carbocycles. The van der Waals surface area contributed by atoms with Crippen LogP contribution in [0.25, 0.3) is 0 Å². The third kappa shape index (κ3) is 5.45. The minimum absolute atomic E-state index is 0.218. The molecule has 2 heterocycles. The van der Waals surface area contributed by atoms with Crippen LogP contribution in [0, 0.1) is 5.92 Å². The second kappa shape index (κ2) is 11.0. The number of halogens is 2. The Morgan fingerprint density at radius 3 is 2.51 bits per heavy atom. The highest BCUT2D eigenvalue weighted by Crippen LogP contribution is 2.49. The van der Waals surface area contributed by atoms with E-state index in [2.05, 4.69) is 46.2 Å². The molecule has 35 heavy (non-hydrogen) atoms. The molecule has 1 N–H and O–H groups in total. The lowest BCUT2D eigenvalue weighted by Gasteiger charge is -2.36. The SMILES string of the molecule is COc1ccc2c(c1)N(CCCN1CCC(C(O)c3ccc(Cl)cc3Cl)CC1)c1ccccc1S2. The van der Waals surface area contributed by atoms with Crippen molar-refractivity contribution in [3.63, 3.8) is 0 Å². The van der Waals surface area contributed by atoms with E-state index in [1.54, 1.807) is 19.2 Å². The van der Waals surface area contributed by atoms with Gasteiger partial charge in [0.15, 0.2) is 0 Å². The second-order valence-corrected chi connectivity index (χ2v) is 11.1. The Hall–Kier alpha value is -1.89. The largest absolute Gasteiger partial charge is 0.497 e. The van der Waals surface area contributed by atoms with Gasteiger partial charge in [0.2, 0.25) is 0 Å². The molecule has 0 amide bonds. The summed E-state index contributed by atoms with van der Waals surface area (Å²) in [5.74, 6) is 1.10. The number of benzene rings is 3. The number of piperidine rings is 1. The first kappa shape index (κ1) is 24.8. The monoisotopic (exact) mass is 528 g/mol. The van der Waals surface area contributed by atoms with E-state index in [0.29, 0.717) is 10.0 Å².